The first-order valence-electron chi connectivity index (χ1n) is 8.09. The summed E-state index contributed by atoms with van der Waals surface area (Å²) in [5.74, 6) is -0.141. The smallest absolute Gasteiger partial charge is 0.272 e. The standard InChI is InChI=1S/C19H17N3O2/c23-18(20-14-9-8-12-4-3-5-13(12)10-14)11-17-15-6-1-2-7-16(15)19(24)22-21-17/h1-2,6-10H,3-5,11H2,(H,20,23)(H,22,24). The molecule has 0 unspecified atom stereocenters. The van der Waals surface area contributed by atoms with Gasteiger partial charge in [0.05, 0.1) is 17.5 Å². The topological polar surface area (TPSA) is 74.8 Å². The molecule has 24 heavy (non-hydrogen) atoms. The lowest BCUT2D eigenvalue weighted by atomic mass is 10.1. The van der Waals surface area contributed by atoms with Crippen LogP contribution in [0.5, 0.6) is 0 Å². The summed E-state index contributed by atoms with van der Waals surface area (Å²) in [6.45, 7) is 0. The van der Waals surface area contributed by atoms with Crippen molar-refractivity contribution in [2.45, 2.75) is 25.7 Å². The van der Waals surface area contributed by atoms with Crippen LogP contribution in [0.25, 0.3) is 10.8 Å². The Morgan fingerprint density at radius 3 is 2.75 bits per heavy atom. The minimum Gasteiger partial charge on any atom is -0.326 e. The van der Waals surface area contributed by atoms with Crippen LogP contribution in [0, 0.1) is 0 Å². The highest BCUT2D eigenvalue weighted by Gasteiger charge is 2.13. The van der Waals surface area contributed by atoms with Gasteiger partial charge in [-0.1, -0.05) is 24.3 Å². The van der Waals surface area contributed by atoms with Crippen molar-refractivity contribution in [3.05, 3.63) is 69.6 Å². The van der Waals surface area contributed by atoms with E-state index >= 15 is 0 Å². The van der Waals surface area contributed by atoms with Crippen molar-refractivity contribution >= 4 is 22.4 Å². The third-order valence-corrected chi connectivity index (χ3v) is 4.49. The minimum absolute atomic E-state index is 0.119. The van der Waals surface area contributed by atoms with E-state index in [-0.39, 0.29) is 17.9 Å². The second kappa shape index (κ2) is 5.92. The van der Waals surface area contributed by atoms with E-state index in [0.29, 0.717) is 16.5 Å². The predicted molar refractivity (Wildman–Crippen MR) is 93.2 cm³/mol. The third-order valence-electron chi connectivity index (χ3n) is 4.49. The van der Waals surface area contributed by atoms with Crippen LogP contribution < -0.4 is 10.9 Å². The van der Waals surface area contributed by atoms with Crippen molar-refractivity contribution < 1.29 is 4.79 Å². The summed E-state index contributed by atoms with van der Waals surface area (Å²) in [6.07, 6.45) is 3.50. The number of carbonyl (C=O) groups excluding carboxylic acids is 1. The lowest BCUT2D eigenvalue weighted by molar-refractivity contribution is -0.115. The Balaban J connectivity index is 1.57. The fourth-order valence-corrected chi connectivity index (χ4v) is 3.31. The van der Waals surface area contributed by atoms with E-state index < -0.39 is 0 Å². The number of anilines is 1. The molecule has 1 aliphatic rings. The van der Waals surface area contributed by atoms with Crippen molar-refractivity contribution in [2.75, 3.05) is 5.32 Å². The SMILES string of the molecule is O=C(Cc1n[nH]c(=O)c2ccccc12)Nc1ccc2c(c1)CCC2. The van der Waals surface area contributed by atoms with Crippen LogP contribution in [0.3, 0.4) is 0 Å². The molecule has 0 radical (unpaired) electrons. The van der Waals surface area contributed by atoms with E-state index in [1.54, 1.807) is 12.1 Å². The van der Waals surface area contributed by atoms with Gasteiger partial charge in [-0.15, -0.1) is 0 Å². The highest BCUT2D eigenvalue weighted by molar-refractivity contribution is 5.95. The summed E-state index contributed by atoms with van der Waals surface area (Å²) in [5, 5.41) is 10.7. The van der Waals surface area contributed by atoms with Crippen LogP contribution >= 0.6 is 0 Å². The number of hydrogen-bond donors (Lipinski definition) is 2. The first kappa shape index (κ1) is 14.6. The van der Waals surface area contributed by atoms with Gasteiger partial charge in [-0.25, -0.2) is 5.10 Å². The molecule has 0 atom stereocenters. The second-order valence-electron chi connectivity index (χ2n) is 6.11. The van der Waals surface area contributed by atoms with E-state index in [9.17, 15) is 9.59 Å². The van der Waals surface area contributed by atoms with Crippen LogP contribution in [-0.4, -0.2) is 16.1 Å². The number of nitrogens with one attached hydrogen (secondary N) is 2. The zero-order valence-electron chi connectivity index (χ0n) is 13.1. The number of rotatable bonds is 3. The van der Waals surface area contributed by atoms with E-state index in [1.807, 2.05) is 18.2 Å². The fourth-order valence-electron chi connectivity index (χ4n) is 3.31. The molecule has 0 bridgehead atoms. The molecule has 0 saturated carbocycles. The Morgan fingerprint density at radius 2 is 1.88 bits per heavy atom. The summed E-state index contributed by atoms with van der Waals surface area (Å²) in [6, 6.07) is 13.3. The van der Waals surface area contributed by atoms with Crippen LogP contribution in [0.15, 0.2) is 47.3 Å². The molecule has 0 saturated heterocycles. The molecule has 1 amide bonds. The highest BCUT2D eigenvalue weighted by atomic mass is 16.1. The molecular weight excluding hydrogens is 302 g/mol. The van der Waals surface area contributed by atoms with Crippen LogP contribution in [-0.2, 0) is 24.1 Å². The van der Waals surface area contributed by atoms with Crippen molar-refractivity contribution in [3.63, 3.8) is 0 Å². The van der Waals surface area contributed by atoms with Crippen LogP contribution in [0.2, 0.25) is 0 Å². The summed E-state index contributed by atoms with van der Waals surface area (Å²) in [5.41, 5.74) is 3.84. The number of aryl methyl sites for hydroxylation is 2. The van der Waals surface area contributed by atoms with E-state index in [1.165, 1.54) is 17.5 Å². The minimum atomic E-state index is -0.242. The summed E-state index contributed by atoms with van der Waals surface area (Å²) in [4.78, 5) is 24.2. The monoisotopic (exact) mass is 319 g/mol. The maximum Gasteiger partial charge on any atom is 0.272 e. The fraction of sp³-hybridized carbons (Fsp3) is 0.211. The number of fused-ring (bicyclic) bond motifs is 2. The molecular formula is C19H17N3O2. The number of aromatic nitrogens is 2. The van der Waals surface area contributed by atoms with Crippen LogP contribution in [0.4, 0.5) is 5.69 Å². The zero-order valence-corrected chi connectivity index (χ0v) is 13.1. The second-order valence-corrected chi connectivity index (χ2v) is 6.11. The maximum absolute atomic E-state index is 12.4. The average Bonchev–Trinajstić information content (AvgIpc) is 3.05. The predicted octanol–water partition coefficient (Wildman–Crippen LogP) is 2.59. The molecule has 0 spiro atoms. The van der Waals surface area contributed by atoms with Crippen molar-refractivity contribution in [1.29, 1.82) is 0 Å². The summed E-state index contributed by atoms with van der Waals surface area (Å²) in [7, 11) is 0. The average molecular weight is 319 g/mol. The number of amides is 1. The summed E-state index contributed by atoms with van der Waals surface area (Å²) < 4.78 is 0. The maximum atomic E-state index is 12.4. The van der Waals surface area contributed by atoms with Crippen molar-refractivity contribution in [2.24, 2.45) is 0 Å². The molecule has 3 aromatic rings. The third kappa shape index (κ3) is 2.69. The molecule has 0 fully saturated rings. The van der Waals surface area contributed by atoms with E-state index in [2.05, 4.69) is 27.6 Å². The van der Waals surface area contributed by atoms with E-state index in [0.717, 1.165) is 18.5 Å². The Kier molecular flexibility index (Phi) is 3.61. The van der Waals surface area contributed by atoms with Gasteiger partial charge in [-0.2, -0.15) is 5.10 Å². The largest absolute Gasteiger partial charge is 0.326 e. The molecule has 0 aliphatic heterocycles. The first-order valence-corrected chi connectivity index (χ1v) is 8.09. The summed E-state index contributed by atoms with van der Waals surface area (Å²) >= 11 is 0. The van der Waals surface area contributed by atoms with Crippen LogP contribution in [0.1, 0.15) is 23.2 Å². The van der Waals surface area contributed by atoms with Gasteiger partial charge < -0.3 is 5.32 Å². The normalized spacial score (nSPS) is 13.0. The number of hydrogen-bond acceptors (Lipinski definition) is 3. The van der Waals surface area contributed by atoms with Gasteiger partial charge in [0.1, 0.15) is 0 Å². The Hall–Kier alpha value is -2.95. The lowest BCUT2D eigenvalue weighted by Crippen LogP contribution is -2.18. The van der Waals surface area contributed by atoms with Crippen molar-refractivity contribution in [3.8, 4) is 0 Å². The van der Waals surface area contributed by atoms with Gasteiger partial charge >= 0.3 is 0 Å². The first-order chi connectivity index (χ1) is 11.7. The molecule has 2 aromatic carbocycles. The number of H-pyrrole nitrogens is 1. The molecule has 1 heterocycles. The Bertz CT molecular complexity index is 991. The number of benzene rings is 2. The van der Waals surface area contributed by atoms with E-state index in [4.69, 9.17) is 0 Å². The van der Waals surface area contributed by atoms with Gasteiger partial charge in [0.25, 0.3) is 5.56 Å². The Morgan fingerprint density at radius 1 is 1.08 bits per heavy atom. The highest BCUT2D eigenvalue weighted by Crippen LogP contribution is 2.25. The molecule has 2 N–H and O–H groups in total. The Labute approximate surface area is 138 Å². The molecule has 120 valence electrons. The quantitative estimate of drug-likeness (QED) is 0.779. The molecule has 5 nitrogen and oxygen atoms in total. The molecule has 5 heteroatoms. The lowest BCUT2D eigenvalue weighted by Gasteiger charge is -2.08. The number of nitrogens with zero attached hydrogens (tertiary/aromatic N) is 1. The van der Waals surface area contributed by atoms with Crippen molar-refractivity contribution in [1.82, 2.24) is 10.2 Å². The number of carbonyl (C=O) groups is 1. The number of aromatic amines is 1. The zero-order chi connectivity index (χ0) is 16.5. The van der Waals surface area contributed by atoms with Gasteiger partial charge in [-0.3, -0.25) is 9.59 Å². The van der Waals surface area contributed by atoms with Gasteiger partial charge in [0.2, 0.25) is 5.91 Å². The molecule has 1 aliphatic carbocycles. The van der Waals surface area contributed by atoms with Gasteiger partial charge in [0, 0.05) is 11.1 Å². The van der Waals surface area contributed by atoms with Gasteiger partial charge in [0.15, 0.2) is 0 Å². The van der Waals surface area contributed by atoms with Gasteiger partial charge in [-0.05, 0) is 48.6 Å². The molecule has 4 rings (SSSR count). The molecule has 1 aromatic heterocycles.